The number of halogens is 1. The van der Waals surface area contributed by atoms with Gasteiger partial charge in [0, 0.05) is 37.1 Å². The number of hydrogen-bond acceptors (Lipinski definition) is 5. The van der Waals surface area contributed by atoms with Crippen molar-refractivity contribution in [2.75, 3.05) is 20.2 Å². The molecule has 6 nitrogen and oxygen atoms in total. The average molecular weight is 409 g/mol. The maximum Gasteiger partial charge on any atom is 0.306 e. The van der Waals surface area contributed by atoms with Gasteiger partial charge in [0.1, 0.15) is 0 Å². The minimum atomic E-state index is -0.465. The van der Waals surface area contributed by atoms with E-state index in [4.69, 9.17) is 16.3 Å². The van der Waals surface area contributed by atoms with Gasteiger partial charge in [0.15, 0.2) is 6.61 Å². The lowest BCUT2D eigenvalue weighted by Crippen LogP contribution is -2.30. The molecule has 0 saturated heterocycles. The lowest BCUT2D eigenvalue weighted by Gasteiger charge is -2.16. The predicted molar refractivity (Wildman–Crippen MR) is 105 cm³/mol. The van der Waals surface area contributed by atoms with Gasteiger partial charge in [-0.25, -0.2) is 0 Å². The van der Waals surface area contributed by atoms with Crippen LogP contribution >= 0.6 is 22.9 Å². The topological polar surface area (TPSA) is 75.7 Å². The van der Waals surface area contributed by atoms with Gasteiger partial charge in [-0.3, -0.25) is 14.4 Å². The molecule has 0 saturated carbocycles. The fourth-order valence-electron chi connectivity index (χ4n) is 2.21. The maximum atomic E-state index is 12.0. The molecule has 0 bridgehead atoms. The Bertz CT molecular complexity index is 763. The highest BCUT2D eigenvalue weighted by Gasteiger charge is 2.13. The molecule has 2 aromatic rings. The Balaban J connectivity index is 1.59. The maximum absolute atomic E-state index is 12.0. The van der Waals surface area contributed by atoms with Crippen LogP contribution in [0, 0.1) is 0 Å². The summed E-state index contributed by atoms with van der Waals surface area (Å²) in [7, 11) is 1.67. The van der Waals surface area contributed by atoms with Crippen LogP contribution in [0.1, 0.15) is 28.8 Å². The van der Waals surface area contributed by atoms with Crippen molar-refractivity contribution in [1.29, 1.82) is 0 Å². The fourth-order valence-corrected chi connectivity index (χ4v) is 2.99. The number of amides is 2. The number of hydrogen-bond donors (Lipinski definition) is 1. The molecule has 0 spiro atoms. The van der Waals surface area contributed by atoms with Gasteiger partial charge in [0.25, 0.3) is 11.8 Å². The number of ether oxygens (including phenoxy) is 1. The molecule has 1 aromatic carbocycles. The van der Waals surface area contributed by atoms with Crippen molar-refractivity contribution in [3.05, 3.63) is 57.2 Å². The molecule has 1 N–H and O–H groups in total. The number of benzene rings is 1. The molecule has 1 heterocycles. The van der Waals surface area contributed by atoms with Gasteiger partial charge >= 0.3 is 5.97 Å². The average Bonchev–Trinajstić information content (AvgIpc) is 3.16. The highest BCUT2D eigenvalue weighted by Crippen LogP contribution is 2.10. The zero-order valence-corrected chi connectivity index (χ0v) is 16.5. The summed E-state index contributed by atoms with van der Waals surface area (Å²) in [4.78, 5) is 37.1. The molecule has 0 aliphatic rings. The summed E-state index contributed by atoms with van der Waals surface area (Å²) >= 11 is 7.34. The van der Waals surface area contributed by atoms with Gasteiger partial charge in [-0.15, -0.1) is 0 Å². The van der Waals surface area contributed by atoms with Gasteiger partial charge in [-0.2, -0.15) is 11.3 Å². The second-order valence-corrected chi connectivity index (χ2v) is 7.12. The standard InChI is InChI=1S/C19H21ClN2O4S/c1-22(11-14-8-10-27-13-14)17(23)12-26-18(24)3-2-9-21-19(25)15-4-6-16(20)7-5-15/h4-8,10,13H,2-3,9,11-12H2,1H3,(H,21,25). The largest absolute Gasteiger partial charge is 0.456 e. The van der Waals surface area contributed by atoms with E-state index in [-0.39, 0.29) is 24.8 Å². The number of esters is 1. The summed E-state index contributed by atoms with van der Waals surface area (Å²) in [6.07, 6.45) is 0.555. The molecule has 0 fully saturated rings. The van der Waals surface area contributed by atoms with Crippen molar-refractivity contribution < 1.29 is 19.1 Å². The molecular formula is C19H21ClN2O4S. The Hall–Kier alpha value is -2.38. The summed E-state index contributed by atoms with van der Waals surface area (Å²) < 4.78 is 4.99. The van der Waals surface area contributed by atoms with Crippen LogP contribution in [0.2, 0.25) is 5.02 Å². The molecule has 144 valence electrons. The van der Waals surface area contributed by atoms with Gasteiger partial charge < -0.3 is 15.0 Å². The molecule has 0 atom stereocenters. The van der Waals surface area contributed by atoms with Crippen LogP contribution in [0.15, 0.2) is 41.1 Å². The van der Waals surface area contributed by atoms with E-state index in [1.807, 2.05) is 16.8 Å². The molecule has 2 rings (SSSR count). The normalized spacial score (nSPS) is 10.3. The first-order valence-corrected chi connectivity index (χ1v) is 9.72. The quantitative estimate of drug-likeness (QED) is 0.511. The van der Waals surface area contributed by atoms with E-state index in [1.54, 1.807) is 42.6 Å². The third kappa shape index (κ3) is 7.40. The van der Waals surface area contributed by atoms with E-state index in [0.29, 0.717) is 30.1 Å². The number of carbonyl (C=O) groups is 3. The van der Waals surface area contributed by atoms with Crippen molar-refractivity contribution in [3.8, 4) is 0 Å². The smallest absolute Gasteiger partial charge is 0.306 e. The molecule has 1 aromatic heterocycles. The number of rotatable bonds is 9. The summed E-state index contributed by atoms with van der Waals surface area (Å²) in [6, 6.07) is 8.48. The Labute approximate surface area is 167 Å². The van der Waals surface area contributed by atoms with E-state index >= 15 is 0 Å². The first-order valence-electron chi connectivity index (χ1n) is 8.40. The zero-order chi connectivity index (χ0) is 19.6. The second-order valence-electron chi connectivity index (χ2n) is 5.91. The van der Waals surface area contributed by atoms with Crippen LogP contribution in [-0.2, 0) is 20.9 Å². The summed E-state index contributed by atoms with van der Waals surface area (Å²) in [6.45, 7) is 0.537. The van der Waals surface area contributed by atoms with Crippen molar-refractivity contribution >= 4 is 40.7 Å². The van der Waals surface area contributed by atoms with Gasteiger partial charge in [-0.05, 0) is 53.1 Å². The van der Waals surface area contributed by atoms with E-state index in [2.05, 4.69) is 5.32 Å². The summed E-state index contributed by atoms with van der Waals surface area (Å²) in [5, 5.41) is 7.19. The highest BCUT2D eigenvalue weighted by molar-refractivity contribution is 7.07. The summed E-state index contributed by atoms with van der Waals surface area (Å²) in [5.74, 6) is -0.955. The van der Waals surface area contributed by atoms with Crippen LogP contribution < -0.4 is 5.32 Å². The number of carbonyl (C=O) groups excluding carboxylic acids is 3. The van der Waals surface area contributed by atoms with Crippen LogP contribution in [0.25, 0.3) is 0 Å². The van der Waals surface area contributed by atoms with E-state index < -0.39 is 5.97 Å². The van der Waals surface area contributed by atoms with Gasteiger partial charge in [0.05, 0.1) is 0 Å². The van der Waals surface area contributed by atoms with Crippen molar-refractivity contribution in [2.24, 2.45) is 0 Å². The van der Waals surface area contributed by atoms with E-state index in [1.165, 1.54) is 4.90 Å². The highest BCUT2D eigenvalue weighted by atomic mass is 35.5. The third-order valence-electron chi connectivity index (χ3n) is 3.73. The van der Waals surface area contributed by atoms with Crippen LogP contribution in [0.4, 0.5) is 0 Å². The van der Waals surface area contributed by atoms with Crippen molar-refractivity contribution in [1.82, 2.24) is 10.2 Å². The molecule has 0 aliphatic heterocycles. The third-order valence-corrected chi connectivity index (χ3v) is 4.72. The fraction of sp³-hybridized carbons (Fsp3) is 0.316. The monoisotopic (exact) mass is 408 g/mol. The first-order chi connectivity index (χ1) is 13.0. The molecule has 2 amide bonds. The number of nitrogens with zero attached hydrogens (tertiary/aromatic N) is 1. The van der Waals surface area contributed by atoms with Crippen molar-refractivity contribution in [2.45, 2.75) is 19.4 Å². The summed E-state index contributed by atoms with van der Waals surface area (Å²) in [5.41, 5.74) is 1.54. The first kappa shape index (κ1) is 20.9. The van der Waals surface area contributed by atoms with Gasteiger partial charge in [-0.1, -0.05) is 11.6 Å². The molecular weight excluding hydrogens is 388 g/mol. The molecule has 0 aliphatic carbocycles. The lowest BCUT2D eigenvalue weighted by atomic mass is 10.2. The SMILES string of the molecule is CN(Cc1ccsc1)C(=O)COC(=O)CCCNC(=O)c1ccc(Cl)cc1. The predicted octanol–water partition coefficient (Wildman–Crippen LogP) is 3.11. The van der Waals surface area contributed by atoms with Crippen LogP contribution in [0.5, 0.6) is 0 Å². The zero-order valence-electron chi connectivity index (χ0n) is 14.9. The number of nitrogens with one attached hydrogen (secondary N) is 1. The minimum Gasteiger partial charge on any atom is -0.456 e. The van der Waals surface area contributed by atoms with Crippen LogP contribution in [0.3, 0.4) is 0 Å². The Morgan fingerprint density at radius 1 is 1.19 bits per heavy atom. The minimum absolute atomic E-state index is 0.127. The molecule has 27 heavy (non-hydrogen) atoms. The van der Waals surface area contributed by atoms with E-state index in [0.717, 1.165) is 5.56 Å². The molecule has 0 unspecified atom stereocenters. The Morgan fingerprint density at radius 3 is 2.59 bits per heavy atom. The van der Waals surface area contributed by atoms with Crippen molar-refractivity contribution in [3.63, 3.8) is 0 Å². The van der Waals surface area contributed by atoms with Crippen LogP contribution in [-0.4, -0.2) is 42.9 Å². The van der Waals surface area contributed by atoms with Gasteiger partial charge in [0.2, 0.25) is 0 Å². The van der Waals surface area contributed by atoms with E-state index in [9.17, 15) is 14.4 Å². The second kappa shape index (κ2) is 10.7. The number of likely N-dealkylation sites (N-methyl/N-ethyl adjacent to an activating group) is 1. The molecule has 8 heteroatoms. The lowest BCUT2D eigenvalue weighted by molar-refractivity contribution is -0.151. The Kier molecular flexibility index (Phi) is 8.29. The number of thiophene rings is 1. The Morgan fingerprint density at radius 2 is 1.93 bits per heavy atom. The molecule has 0 radical (unpaired) electrons.